The molecule has 2 aromatic rings. The largest absolute Gasteiger partial charge is 0.497 e. The van der Waals surface area contributed by atoms with E-state index in [1.165, 1.54) is 24.0 Å². The maximum atomic E-state index is 10.4. The summed E-state index contributed by atoms with van der Waals surface area (Å²) in [5, 5.41) is 10.4. The Labute approximate surface area is 150 Å². The lowest BCUT2D eigenvalue weighted by Gasteiger charge is -2.25. The molecule has 0 saturated heterocycles. The number of aliphatic hydroxyl groups excluding tert-OH is 1. The summed E-state index contributed by atoms with van der Waals surface area (Å²) in [5.74, 6) is 1.54. The van der Waals surface area contributed by atoms with Crippen molar-refractivity contribution in [2.75, 3.05) is 20.3 Å². The van der Waals surface area contributed by atoms with Crippen molar-refractivity contribution in [2.24, 2.45) is 0 Å². The Morgan fingerprint density at radius 3 is 2.48 bits per heavy atom. The molecule has 0 heterocycles. The number of aliphatic hydroxyl groups is 1. The van der Waals surface area contributed by atoms with Crippen LogP contribution in [0.5, 0.6) is 11.5 Å². The highest BCUT2D eigenvalue weighted by Crippen LogP contribution is 2.28. The van der Waals surface area contributed by atoms with Crippen molar-refractivity contribution in [1.29, 1.82) is 0 Å². The van der Waals surface area contributed by atoms with Crippen molar-refractivity contribution in [3.8, 4) is 11.5 Å². The van der Waals surface area contributed by atoms with Crippen LogP contribution < -0.4 is 9.47 Å². The summed E-state index contributed by atoms with van der Waals surface area (Å²) in [4.78, 5) is 2.37. The second kappa shape index (κ2) is 8.37. The van der Waals surface area contributed by atoms with Gasteiger partial charge in [-0.1, -0.05) is 29.8 Å². The minimum Gasteiger partial charge on any atom is -0.497 e. The molecule has 1 saturated carbocycles. The third kappa shape index (κ3) is 5.48. The van der Waals surface area contributed by atoms with Gasteiger partial charge in [0.1, 0.15) is 24.2 Å². The highest BCUT2D eigenvalue weighted by molar-refractivity contribution is 5.31. The van der Waals surface area contributed by atoms with Gasteiger partial charge < -0.3 is 14.6 Å². The Balaban J connectivity index is 1.51. The van der Waals surface area contributed by atoms with E-state index in [9.17, 15) is 5.11 Å². The van der Waals surface area contributed by atoms with Gasteiger partial charge in [0.25, 0.3) is 0 Å². The van der Waals surface area contributed by atoms with Crippen LogP contribution >= 0.6 is 0 Å². The molecule has 1 aliphatic carbocycles. The fourth-order valence-corrected chi connectivity index (χ4v) is 3.02. The Morgan fingerprint density at radius 1 is 1.12 bits per heavy atom. The minimum absolute atomic E-state index is 0.295. The van der Waals surface area contributed by atoms with E-state index in [-0.39, 0.29) is 0 Å². The number of benzene rings is 2. The molecule has 1 fully saturated rings. The molecular formula is C21H27NO3. The number of hydrogen-bond donors (Lipinski definition) is 1. The molecule has 4 heteroatoms. The first kappa shape index (κ1) is 17.8. The molecule has 0 aliphatic heterocycles. The zero-order chi connectivity index (χ0) is 17.6. The summed E-state index contributed by atoms with van der Waals surface area (Å²) >= 11 is 0. The Kier molecular flexibility index (Phi) is 5.95. The van der Waals surface area contributed by atoms with E-state index in [1.54, 1.807) is 7.11 Å². The third-order valence-electron chi connectivity index (χ3n) is 4.48. The van der Waals surface area contributed by atoms with E-state index in [2.05, 4.69) is 36.1 Å². The third-order valence-corrected chi connectivity index (χ3v) is 4.48. The van der Waals surface area contributed by atoms with Gasteiger partial charge in [-0.15, -0.1) is 0 Å². The Morgan fingerprint density at radius 2 is 1.84 bits per heavy atom. The molecular weight excluding hydrogens is 314 g/mol. The first-order chi connectivity index (χ1) is 12.1. The number of rotatable bonds is 9. The summed E-state index contributed by atoms with van der Waals surface area (Å²) in [5.41, 5.74) is 2.58. The van der Waals surface area contributed by atoms with Crippen LogP contribution in [0.1, 0.15) is 24.0 Å². The number of aryl methyl sites for hydroxylation is 1. The van der Waals surface area contributed by atoms with Crippen LogP contribution in [0, 0.1) is 6.92 Å². The number of ether oxygens (including phenoxy) is 2. The van der Waals surface area contributed by atoms with E-state index in [1.807, 2.05) is 24.3 Å². The molecule has 1 atom stereocenters. The standard InChI is InChI=1S/C21H27NO3/c1-16-4-3-5-17(12-16)13-22(18-6-7-18)14-19(23)15-25-21-10-8-20(24-2)9-11-21/h3-5,8-12,18-19,23H,6-7,13-15H2,1-2H3. The predicted octanol–water partition coefficient (Wildman–Crippen LogP) is 3.41. The smallest absolute Gasteiger partial charge is 0.119 e. The van der Waals surface area contributed by atoms with Crippen molar-refractivity contribution in [2.45, 2.75) is 38.5 Å². The molecule has 25 heavy (non-hydrogen) atoms. The number of nitrogens with zero attached hydrogens (tertiary/aromatic N) is 1. The first-order valence-electron chi connectivity index (χ1n) is 8.88. The van der Waals surface area contributed by atoms with Gasteiger partial charge in [-0.3, -0.25) is 4.90 Å². The summed E-state index contributed by atoms with van der Waals surface area (Å²) in [6.45, 7) is 3.92. The lowest BCUT2D eigenvalue weighted by molar-refractivity contribution is 0.0626. The van der Waals surface area contributed by atoms with Crippen molar-refractivity contribution < 1.29 is 14.6 Å². The summed E-state index contributed by atoms with van der Waals surface area (Å²) < 4.78 is 10.8. The average molecular weight is 341 g/mol. The highest BCUT2D eigenvalue weighted by atomic mass is 16.5. The molecule has 4 nitrogen and oxygen atoms in total. The SMILES string of the molecule is COc1ccc(OCC(O)CN(Cc2cccc(C)c2)C2CC2)cc1. The molecule has 1 unspecified atom stereocenters. The van der Waals surface area contributed by atoms with Gasteiger partial charge in [0.05, 0.1) is 7.11 Å². The topological polar surface area (TPSA) is 41.9 Å². The minimum atomic E-state index is -0.507. The van der Waals surface area contributed by atoms with Gasteiger partial charge in [-0.05, 0) is 49.6 Å². The van der Waals surface area contributed by atoms with Crippen LogP contribution in [0.4, 0.5) is 0 Å². The van der Waals surface area contributed by atoms with Crippen LogP contribution in [0.25, 0.3) is 0 Å². The number of hydrogen-bond acceptors (Lipinski definition) is 4. The second-order valence-corrected chi connectivity index (χ2v) is 6.79. The maximum absolute atomic E-state index is 10.4. The molecule has 1 aliphatic rings. The normalized spacial score (nSPS) is 15.2. The van der Waals surface area contributed by atoms with Gasteiger partial charge >= 0.3 is 0 Å². The molecule has 0 spiro atoms. The zero-order valence-corrected chi connectivity index (χ0v) is 15.0. The Hall–Kier alpha value is -2.04. The van der Waals surface area contributed by atoms with Crippen LogP contribution in [0.3, 0.4) is 0 Å². The molecule has 1 N–H and O–H groups in total. The van der Waals surface area contributed by atoms with E-state index >= 15 is 0 Å². The van der Waals surface area contributed by atoms with Crippen LogP contribution in [0.2, 0.25) is 0 Å². The van der Waals surface area contributed by atoms with E-state index in [0.717, 1.165) is 18.0 Å². The zero-order valence-electron chi connectivity index (χ0n) is 15.0. The van der Waals surface area contributed by atoms with Gasteiger partial charge in [0.2, 0.25) is 0 Å². The van der Waals surface area contributed by atoms with Crippen LogP contribution in [-0.4, -0.2) is 42.4 Å². The van der Waals surface area contributed by atoms with Crippen molar-refractivity contribution >= 4 is 0 Å². The summed E-state index contributed by atoms with van der Waals surface area (Å²) in [6, 6.07) is 16.6. The highest BCUT2D eigenvalue weighted by Gasteiger charge is 2.30. The lowest BCUT2D eigenvalue weighted by Crippen LogP contribution is -2.36. The van der Waals surface area contributed by atoms with Gasteiger partial charge in [-0.2, -0.15) is 0 Å². The molecule has 0 radical (unpaired) electrons. The Bertz CT molecular complexity index is 667. The monoisotopic (exact) mass is 341 g/mol. The maximum Gasteiger partial charge on any atom is 0.119 e. The van der Waals surface area contributed by atoms with Gasteiger partial charge in [0, 0.05) is 19.1 Å². The van der Waals surface area contributed by atoms with E-state index in [4.69, 9.17) is 9.47 Å². The first-order valence-corrected chi connectivity index (χ1v) is 8.88. The van der Waals surface area contributed by atoms with Crippen molar-refractivity contribution in [3.63, 3.8) is 0 Å². The van der Waals surface area contributed by atoms with Crippen LogP contribution in [-0.2, 0) is 6.54 Å². The fraction of sp³-hybridized carbons (Fsp3) is 0.429. The number of methoxy groups -OCH3 is 1. The fourth-order valence-electron chi connectivity index (χ4n) is 3.02. The molecule has 0 amide bonds. The predicted molar refractivity (Wildman–Crippen MR) is 99.1 cm³/mol. The molecule has 134 valence electrons. The van der Waals surface area contributed by atoms with Crippen molar-refractivity contribution in [1.82, 2.24) is 4.90 Å². The molecule has 3 rings (SSSR count). The van der Waals surface area contributed by atoms with E-state index < -0.39 is 6.10 Å². The quantitative estimate of drug-likeness (QED) is 0.759. The van der Waals surface area contributed by atoms with Gasteiger partial charge in [0.15, 0.2) is 0 Å². The van der Waals surface area contributed by atoms with Crippen LogP contribution in [0.15, 0.2) is 48.5 Å². The lowest BCUT2D eigenvalue weighted by atomic mass is 10.1. The molecule has 0 bridgehead atoms. The summed E-state index contributed by atoms with van der Waals surface area (Å²) in [6.07, 6.45) is 1.93. The van der Waals surface area contributed by atoms with Crippen molar-refractivity contribution in [3.05, 3.63) is 59.7 Å². The molecule has 2 aromatic carbocycles. The average Bonchev–Trinajstić information content (AvgIpc) is 3.45. The van der Waals surface area contributed by atoms with Gasteiger partial charge in [-0.25, -0.2) is 0 Å². The van der Waals surface area contributed by atoms with E-state index in [0.29, 0.717) is 19.2 Å². The second-order valence-electron chi connectivity index (χ2n) is 6.79. The molecule has 0 aromatic heterocycles. The summed E-state index contributed by atoms with van der Waals surface area (Å²) in [7, 11) is 1.64.